The van der Waals surface area contributed by atoms with Crippen LogP contribution in [0.5, 0.6) is 0 Å². The van der Waals surface area contributed by atoms with Gasteiger partial charge in [0.25, 0.3) is 0 Å². The van der Waals surface area contributed by atoms with Gasteiger partial charge in [0, 0.05) is 6.20 Å². The van der Waals surface area contributed by atoms with Crippen LogP contribution in [-0.2, 0) is 4.74 Å². The number of hydrogen-bond acceptors (Lipinski definition) is 3. The standard InChI is InChI=1S/C12H8BrClFNO2/c1-2-18-12(17)6-5-16-8-4-3-7(13)11(15)9(8)10(6)14/h3-5H,2H2,1H3. The second-order valence-electron chi connectivity index (χ2n) is 3.46. The largest absolute Gasteiger partial charge is 0.462 e. The molecule has 0 saturated heterocycles. The van der Waals surface area contributed by atoms with Crippen LogP contribution in [0.1, 0.15) is 17.3 Å². The molecule has 6 heteroatoms. The van der Waals surface area contributed by atoms with Crippen molar-refractivity contribution in [1.82, 2.24) is 4.98 Å². The van der Waals surface area contributed by atoms with Gasteiger partial charge >= 0.3 is 5.97 Å². The Morgan fingerprint density at radius 3 is 2.94 bits per heavy atom. The Morgan fingerprint density at radius 2 is 2.28 bits per heavy atom. The van der Waals surface area contributed by atoms with Crippen LogP contribution in [0.15, 0.2) is 22.8 Å². The number of carbonyl (C=O) groups excluding carboxylic acids is 1. The summed E-state index contributed by atoms with van der Waals surface area (Å²) in [7, 11) is 0. The van der Waals surface area contributed by atoms with Crippen LogP contribution in [0.3, 0.4) is 0 Å². The van der Waals surface area contributed by atoms with Gasteiger partial charge in [-0.15, -0.1) is 0 Å². The number of pyridine rings is 1. The third-order valence-corrected chi connectivity index (χ3v) is 3.36. The maximum atomic E-state index is 14.0. The van der Waals surface area contributed by atoms with Gasteiger partial charge in [0.1, 0.15) is 5.82 Å². The average molecular weight is 333 g/mol. The molecule has 0 aliphatic carbocycles. The summed E-state index contributed by atoms with van der Waals surface area (Å²) in [5.41, 5.74) is 0.441. The Morgan fingerprint density at radius 1 is 1.56 bits per heavy atom. The number of halogens is 3. The zero-order valence-electron chi connectivity index (χ0n) is 9.34. The first-order valence-electron chi connectivity index (χ1n) is 5.15. The predicted octanol–water partition coefficient (Wildman–Crippen LogP) is 3.97. The van der Waals surface area contributed by atoms with Crippen molar-refractivity contribution in [3.8, 4) is 0 Å². The van der Waals surface area contributed by atoms with Gasteiger partial charge in [0.15, 0.2) is 0 Å². The van der Waals surface area contributed by atoms with E-state index >= 15 is 0 Å². The summed E-state index contributed by atoms with van der Waals surface area (Å²) >= 11 is 9.11. The summed E-state index contributed by atoms with van der Waals surface area (Å²) in [4.78, 5) is 15.6. The van der Waals surface area contributed by atoms with Crippen LogP contribution >= 0.6 is 27.5 Å². The van der Waals surface area contributed by atoms with Crippen molar-refractivity contribution >= 4 is 44.4 Å². The molecule has 0 saturated carbocycles. The normalized spacial score (nSPS) is 10.7. The minimum absolute atomic E-state index is 0.0113. The fourth-order valence-electron chi connectivity index (χ4n) is 1.53. The van der Waals surface area contributed by atoms with Crippen molar-refractivity contribution in [2.45, 2.75) is 6.92 Å². The number of fused-ring (bicyclic) bond motifs is 1. The van der Waals surface area contributed by atoms with Gasteiger partial charge in [-0.1, -0.05) is 11.6 Å². The molecule has 0 aliphatic heterocycles. The molecular weight excluding hydrogens is 324 g/mol. The summed E-state index contributed by atoms with van der Waals surface area (Å²) < 4.78 is 19.1. The Balaban J connectivity index is 2.70. The Labute approximate surface area is 116 Å². The Hall–Kier alpha value is -1.20. The molecule has 0 atom stereocenters. The van der Waals surface area contributed by atoms with Gasteiger partial charge in [-0.25, -0.2) is 9.18 Å². The van der Waals surface area contributed by atoms with Crippen molar-refractivity contribution in [1.29, 1.82) is 0 Å². The Bertz CT molecular complexity index is 633. The van der Waals surface area contributed by atoms with Crippen LogP contribution in [-0.4, -0.2) is 17.6 Å². The maximum absolute atomic E-state index is 14.0. The molecule has 0 fully saturated rings. The van der Waals surface area contributed by atoms with Crippen molar-refractivity contribution in [3.05, 3.63) is 39.2 Å². The van der Waals surface area contributed by atoms with Gasteiger partial charge in [-0.3, -0.25) is 4.98 Å². The number of nitrogens with zero attached hydrogens (tertiary/aromatic N) is 1. The van der Waals surface area contributed by atoms with E-state index < -0.39 is 11.8 Å². The molecule has 0 spiro atoms. The number of aromatic nitrogens is 1. The second kappa shape index (κ2) is 5.20. The molecule has 1 heterocycles. The predicted molar refractivity (Wildman–Crippen MR) is 70.4 cm³/mol. The molecule has 94 valence electrons. The number of rotatable bonds is 2. The summed E-state index contributed by atoms with van der Waals surface area (Å²) in [6.45, 7) is 1.89. The first kappa shape index (κ1) is 13.2. The molecule has 0 amide bonds. The van der Waals surface area contributed by atoms with Crippen LogP contribution in [0.25, 0.3) is 10.9 Å². The topological polar surface area (TPSA) is 39.2 Å². The van der Waals surface area contributed by atoms with Crippen molar-refractivity contribution in [3.63, 3.8) is 0 Å². The average Bonchev–Trinajstić information content (AvgIpc) is 2.34. The van der Waals surface area contributed by atoms with Crippen LogP contribution in [0, 0.1) is 5.82 Å². The van der Waals surface area contributed by atoms with E-state index in [0.717, 1.165) is 0 Å². The second-order valence-corrected chi connectivity index (χ2v) is 4.69. The highest BCUT2D eigenvalue weighted by Gasteiger charge is 2.18. The fraction of sp³-hybridized carbons (Fsp3) is 0.167. The lowest BCUT2D eigenvalue weighted by atomic mass is 10.1. The molecule has 18 heavy (non-hydrogen) atoms. The van der Waals surface area contributed by atoms with Gasteiger partial charge in [0.2, 0.25) is 0 Å². The minimum atomic E-state index is -0.615. The highest BCUT2D eigenvalue weighted by Crippen LogP contribution is 2.31. The molecule has 1 aromatic carbocycles. The third-order valence-electron chi connectivity index (χ3n) is 2.36. The molecule has 0 N–H and O–H groups in total. The molecule has 2 aromatic rings. The number of hydrogen-bond donors (Lipinski definition) is 0. The van der Waals surface area contributed by atoms with E-state index in [4.69, 9.17) is 16.3 Å². The highest BCUT2D eigenvalue weighted by atomic mass is 79.9. The van der Waals surface area contributed by atoms with E-state index in [1.807, 2.05) is 0 Å². The van der Waals surface area contributed by atoms with E-state index in [1.54, 1.807) is 13.0 Å². The van der Waals surface area contributed by atoms with Crippen LogP contribution in [0.2, 0.25) is 5.02 Å². The zero-order valence-corrected chi connectivity index (χ0v) is 11.7. The lowest BCUT2D eigenvalue weighted by Gasteiger charge is -2.08. The summed E-state index contributed by atoms with van der Waals surface area (Å²) in [6, 6.07) is 3.15. The Kier molecular flexibility index (Phi) is 3.82. The number of esters is 1. The smallest absolute Gasteiger partial charge is 0.341 e. The van der Waals surface area contributed by atoms with Crippen LogP contribution in [0.4, 0.5) is 4.39 Å². The first-order valence-corrected chi connectivity index (χ1v) is 6.32. The third kappa shape index (κ3) is 2.20. The number of benzene rings is 1. The van der Waals surface area contributed by atoms with E-state index in [1.165, 1.54) is 12.3 Å². The molecular formula is C12H8BrClFNO2. The summed E-state index contributed by atoms with van der Waals surface area (Å²) in [5, 5.41) is 0.119. The molecule has 0 aliphatic rings. The number of carbonyl (C=O) groups is 1. The quantitative estimate of drug-likeness (QED) is 0.781. The first-order chi connectivity index (χ1) is 8.56. The van der Waals surface area contributed by atoms with E-state index in [-0.39, 0.29) is 27.1 Å². The summed E-state index contributed by atoms with van der Waals surface area (Å²) in [6.07, 6.45) is 1.29. The SMILES string of the molecule is CCOC(=O)c1cnc2ccc(Br)c(F)c2c1Cl. The monoisotopic (exact) mass is 331 g/mol. The van der Waals surface area contributed by atoms with Crippen LogP contribution < -0.4 is 0 Å². The van der Waals surface area contributed by atoms with Crippen molar-refractivity contribution in [2.24, 2.45) is 0 Å². The zero-order chi connectivity index (χ0) is 13.3. The molecule has 2 rings (SSSR count). The molecule has 0 bridgehead atoms. The van der Waals surface area contributed by atoms with Gasteiger partial charge < -0.3 is 4.74 Å². The summed E-state index contributed by atoms with van der Waals surface area (Å²) in [5.74, 6) is -1.16. The molecule has 1 aromatic heterocycles. The maximum Gasteiger partial charge on any atom is 0.341 e. The molecule has 0 unspecified atom stereocenters. The highest BCUT2D eigenvalue weighted by molar-refractivity contribution is 9.10. The van der Waals surface area contributed by atoms with Crippen molar-refractivity contribution < 1.29 is 13.9 Å². The molecule has 3 nitrogen and oxygen atoms in total. The number of ether oxygens (including phenoxy) is 1. The van der Waals surface area contributed by atoms with E-state index in [0.29, 0.717) is 5.52 Å². The van der Waals surface area contributed by atoms with Gasteiger partial charge in [-0.2, -0.15) is 0 Å². The minimum Gasteiger partial charge on any atom is -0.462 e. The molecule has 0 radical (unpaired) electrons. The van der Waals surface area contributed by atoms with Gasteiger partial charge in [0.05, 0.1) is 32.6 Å². The van der Waals surface area contributed by atoms with E-state index in [9.17, 15) is 9.18 Å². The van der Waals surface area contributed by atoms with E-state index in [2.05, 4.69) is 20.9 Å². The lowest BCUT2D eigenvalue weighted by molar-refractivity contribution is 0.0526. The lowest BCUT2D eigenvalue weighted by Crippen LogP contribution is -2.06. The van der Waals surface area contributed by atoms with Crippen molar-refractivity contribution in [2.75, 3.05) is 6.61 Å². The van der Waals surface area contributed by atoms with Gasteiger partial charge in [-0.05, 0) is 35.0 Å². The fourth-order valence-corrected chi connectivity index (χ4v) is 2.17.